The highest BCUT2D eigenvalue weighted by Crippen LogP contribution is 2.25. The van der Waals surface area contributed by atoms with Gasteiger partial charge in [0.2, 0.25) is 0 Å². The fraction of sp³-hybridized carbons (Fsp3) is 0.273. The van der Waals surface area contributed by atoms with Gasteiger partial charge < -0.3 is 14.4 Å². The predicted octanol–water partition coefficient (Wildman–Crippen LogP) is 4.90. The average Bonchev–Trinajstić information content (AvgIpc) is 2.95. The van der Waals surface area contributed by atoms with Crippen molar-refractivity contribution in [3.63, 3.8) is 0 Å². The standard InChI is InChI=1S/C22H23FN2O3/c1-14(2)11-25-12-19(23)21-17(8-9-24-22(21)25)13-28-18-6-4-16(5-7-18)15(3)10-20(26)27/h4-9,12,14H,3,10-11,13H2,1-2H3,(H,26,27). The third-order valence-corrected chi connectivity index (χ3v) is 4.38. The zero-order valence-corrected chi connectivity index (χ0v) is 16.0. The molecule has 1 N–H and O–H groups in total. The van der Waals surface area contributed by atoms with Crippen LogP contribution in [0.3, 0.4) is 0 Å². The van der Waals surface area contributed by atoms with E-state index >= 15 is 0 Å². The summed E-state index contributed by atoms with van der Waals surface area (Å²) in [5.41, 5.74) is 2.62. The van der Waals surface area contributed by atoms with E-state index in [1.54, 1.807) is 36.5 Å². The van der Waals surface area contributed by atoms with Gasteiger partial charge in [-0.15, -0.1) is 0 Å². The van der Waals surface area contributed by atoms with Crippen LogP contribution in [0.15, 0.2) is 49.3 Å². The number of ether oxygens (including phenoxy) is 1. The quantitative estimate of drug-likeness (QED) is 0.602. The summed E-state index contributed by atoms with van der Waals surface area (Å²) in [5, 5.41) is 9.33. The van der Waals surface area contributed by atoms with E-state index in [9.17, 15) is 9.18 Å². The van der Waals surface area contributed by atoms with Crippen molar-refractivity contribution in [3.8, 4) is 5.75 Å². The first kappa shape index (κ1) is 19.6. The SMILES string of the molecule is C=C(CC(=O)O)c1ccc(OCc2ccnc3c2c(F)cn3CC(C)C)cc1. The van der Waals surface area contributed by atoms with Crippen LogP contribution in [0.25, 0.3) is 16.6 Å². The van der Waals surface area contributed by atoms with Gasteiger partial charge in [-0.05, 0) is 35.3 Å². The number of carboxylic acids is 1. The summed E-state index contributed by atoms with van der Waals surface area (Å²) < 4.78 is 22.2. The average molecular weight is 382 g/mol. The van der Waals surface area contributed by atoms with Crippen LogP contribution >= 0.6 is 0 Å². The lowest BCUT2D eigenvalue weighted by Gasteiger charge is -2.10. The van der Waals surface area contributed by atoms with Crippen LogP contribution in [0.2, 0.25) is 0 Å². The van der Waals surface area contributed by atoms with Crippen molar-refractivity contribution in [1.82, 2.24) is 9.55 Å². The highest BCUT2D eigenvalue weighted by molar-refractivity contribution is 5.83. The van der Waals surface area contributed by atoms with Crippen molar-refractivity contribution in [2.45, 2.75) is 33.4 Å². The summed E-state index contributed by atoms with van der Waals surface area (Å²) >= 11 is 0. The Bertz CT molecular complexity index is 1010. The van der Waals surface area contributed by atoms with Gasteiger partial charge in [0.05, 0.1) is 11.8 Å². The van der Waals surface area contributed by atoms with Crippen molar-refractivity contribution in [2.24, 2.45) is 5.92 Å². The Morgan fingerprint density at radius 2 is 2.00 bits per heavy atom. The summed E-state index contributed by atoms with van der Waals surface area (Å²) in [6, 6.07) is 8.79. The lowest BCUT2D eigenvalue weighted by atomic mass is 10.0. The summed E-state index contributed by atoms with van der Waals surface area (Å²) in [6.07, 6.45) is 3.04. The number of pyridine rings is 1. The van der Waals surface area contributed by atoms with Crippen LogP contribution in [-0.4, -0.2) is 20.6 Å². The summed E-state index contributed by atoms with van der Waals surface area (Å²) in [5.74, 6) is -0.230. The Balaban J connectivity index is 1.76. The predicted molar refractivity (Wildman–Crippen MR) is 107 cm³/mol. The Morgan fingerprint density at radius 1 is 1.29 bits per heavy atom. The van der Waals surface area contributed by atoms with Crippen LogP contribution < -0.4 is 4.74 Å². The molecule has 0 bridgehead atoms. The fourth-order valence-electron chi connectivity index (χ4n) is 3.12. The highest BCUT2D eigenvalue weighted by atomic mass is 19.1. The van der Waals surface area contributed by atoms with Crippen molar-refractivity contribution < 1.29 is 19.0 Å². The number of halogens is 1. The molecule has 0 fully saturated rings. The number of hydrogen-bond donors (Lipinski definition) is 1. The van der Waals surface area contributed by atoms with Crippen molar-refractivity contribution in [3.05, 3.63) is 66.2 Å². The van der Waals surface area contributed by atoms with Gasteiger partial charge in [0.15, 0.2) is 5.82 Å². The first-order valence-electron chi connectivity index (χ1n) is 9.10. The molecule has 0 aliphatic rings. The number of nitrogens with zero attached hydrogens (tertiary/aromatic N) is 2. The third kappa shape index (κ3) is 4.39. The molecular weight excluding hydrogens is 359 g/mol. The lowest BCUT2D eigenvalue weighted by molar-refractivity contribution is -0.135. The van der Waals surface area contributed by atoms with E-state index in [4.69, 9.17) is 9.84 Å². The molecule has 3 aromatic rings. The van der Waals surface area contributed by atoms with E-state index in [0.29, 0.717) is 34.8 Å². The second-order valence-electron chi connectivity index (χ2n) is 7.18. The molecule has 2 aromatic heterocycles. The molecule has 0 unspecified atom stereocenters. The molecule has 0 aliphatic carbocycles. The van der Waals surface area contributed by atoms with Crippen molar-refractivity contribution in [2.75, 3.05) is 0 Å². The Hall–Kier alpha value is -3.15. The number of hydrogen-bond acceptors (Lipinski definition) is 3. The van der Waals surface area contributed by atoms with Crippen LogP contribution in [0, 0.1) is 11.7 Å². The highest BCUT2D eigenvalue weighted by Gasteiger charge is 2.15. The smallest absolute Gasteiger partial charge is 0.307 e. The number of fused-ring (bicyclic) bond motifs is 1. The van der Waals surface area contributed by atoms with E-state index < -0.39 is 5.97 Å². The van der Waals surface area contributed by atoms with E-state index in [2.05, 4.69) is 25.4 Å². The second kappa shape index (κ2) is 8.25. The minimum Gasteiger partial charge on any atom is -0.489 e. The number of rotatable bonds is 8. The molecule has 5 nitrogen and oxygen atoms in total. The third-order valence-electron chi connectivity index (χ3n) is 4.38. The van der Waals surface area contributed by atoms with Gasteiger partial charge in [-0.1, -0.05) is 32.6 Å². The van der Waals surface area contributed by atoms with E-state index in [1.807, 2.05) is 4.57 Å². The van der Waals surface area contributed by atoms with Crippen LogP contribution in [-0.2, 0) is 17.9 Å². The maximum Gasteiger partial charge on any atom is 0.307 e. The normalized spacial score (nSPS) is 11.1. The van der Waals surface area contributed by atoms with Gasteiger partial charge >= 0.3 is 5.97 Å². The molecule has 0 spiro atoms. The van der Waals surface area contributed by atoms with Crippen LogP contribution in [0.4, 0.5) is 4.39 Å². The zero-order valence-electron chi connectivity index (χ0n) is 16.0. The van der Waals surface area contributed by atoms with Gasteiger partial charge in [-0.2, -0.15) is 0 Å². The van der Waals surface area contributed by atoms with Gasteiger partial charge in [0.1, 0.15) is 18.0 Å². The number of benzene rings is 1. The lowest BCUT2D eigenvalue weighted by Crippen LogP contribution is -2.04. The summed E-state index contributed by atoms with van der Waals surface area (Å²) in [6.45, 7) is 8.83. The summed E-state index contributed by atoms with van der Waals surface area (Å²) in [4.78, 5) is 15.1. The van der Waals surface area contributed by atoms with E-state index in [-0.39, 0.29) is 18.8 Å². The van der Waals surface area contributed by atoms with Crippen LogP contribution in [0.5, 0.6) is 5.75 Å². The number of carbonyl (C=O) groups is 1. The van der Waals surface area contributed by atoms with Crippen LogP contribution in [0.1, 0.15) is 31.4 Å². The maximum atomic E-state index is 14.5. The largest absolute Gasteiger partial charge is 0.489 e. The molecule has 0 saturated carbocycles. The van der Waals surface area contributed by atoms with Gasteiger partial charge in [-0.25, -0.2) is 9.37 Å². The molecule has 146 valence electrons. The molecular formula is C22H23FN2O3. The first-order chi connectivity index (χ1) is 13.3. The van der Waals surface area contributed by atoms with Crippen molar-refractivity contribution >= 4 is 22.6 Å². The number of aliphatic carboxylic acids is 1. The Labute approximate surface area is 163 Å². The topological polar surface area (TPSA) is 64.3 Å². The molecule has 0 aliphatic heterocycles. The molecule has 1 aromatic carbocycles. The second-order valence-corrected chi connectivity index (χ2v) is 7.18. The molecule has 0 saturated heterocycles. The molecule has 0 radical (unpaired) electrons. The maximum absolute atomic E-state index is 14.5. The minimum atomic E-state index is -0.918. The minimum absolute atomic E-state index is 0.109. The summed E-state index contributed by atoms with van der Waals surface area (Å²) in [7, 11) is 0. The first-order valence-corrected chi connectivity index (χ1v) is 9.10. The van der Waals surface area contributed by atoms with E-state index in [1.165, 1.54) is 6.20 Å². The Morgan fingerprint density at radius 3 is 2.64 bits per heavy atom. The van der Waals surface area contributed by atoms with Gasteiger partial charge in [0, 0.05) is 24.5 Å². The molecule has 0 amide bonds. The number of carboxylic acid groups (broad SMARTS) is 1. The molecule has 2 heterocycles. The molecule has 3 rings (SSSR count). The monoisotopic (exact) mass is 382 g/mol. The van der Waals surface area contributed by atoms with Gasteiger partial charge in [0.25, 0.3) is 0 Å². The van der Waals surface area contributed by atoms with E-state index in [0.717, 1.165) is 11.1 Å². The number of aromatic nitrogens is 2. The van der Waals surface area contributed by atoms with Gasteiger partial charge in [-0.3, -0.25) is 4.79 Å². The van der Waals surface area contributed by atoms with Crippen molar-refractivity contribution in [1.29, 1.82) is 0 Å². The molecule has 28 heavy (non-hydrogen) atoms. The molecule has 0 atom stereocenters. The fourth-order valence-corrected chi connectivity index (χ4v) is 3.12. The zero-order chi connectivity index (χ0) is 20.3. The molecule has 6 heteroatoms. The Kier molecular flexibility index (Phi) is 5.78.